The third-order valence-corrected chi connectivity index (χ3v) is 4.72. The molecule has 3 N–H and O–H groups in total. The van der Waals surface area contributed by atoms with Gasteiger partial charge in [0.05, 0.1) is 5.41 Å². The minimum Gasteiger partial charge on any atom is -0.396 e. The zero-order valence-electron chi connectivity index (χ0n) is 12.9. The molecule has 1 aromatic rings. The van der Waals surface area contributed by atoms with E-state index in [1.165, 1.54) is 0 Å². The molecule has 0 saturated carbocycles. The first kappa shape index (κ1) is 16.0. The van der Waals surface area contributed by atoms with Gasteiger partial charge in [0.15, 0.2) is 0 Å². The number of nitrogens with one attached hydrogen (secondary N) is 2. The molecule has 2 rings (SSSR count). The standard InChI is InChI=1S/C17H26N2O2/c1-13(12-20)14(2)19-16(21)17(8-10-18-11-9-17)15-6-4-3-5-7-15/h3-7,13-14,18,20H,8-12H2,1-2H3,(H,19,21). The lowest BCUT2D eigenvalue weighted by atomic mass is 9.72. The average molecular weight is 290 g/mol. The van der Waals surface area contributed by atoms with Crippen LogP contribution in [0.15, 0.2) is 30.3 Å². The van der Waals surface area contributed by atoms with Crippen LogP contribution in [-0.2, 0) is 10.2 Å². The van der Waals surface area contributed by atoms with Crippen molar-refractivity contribution in [2.24, 2.45) is 5.92 Å². The Labute approximate surface area is 126 Å². The zero-order chi connectivity index (χ0) is 15.3. The molecule has 116 valence electrons. The van der Waals surface area contributed by atoms with E-state index in [-0.39, 0.29) is 24.5 Å². The molecule has 1 saturated heterocycles. The summed E-state index contributed by atoms with van der Waals surface area (Å²) in [5, 5.41) is 15.7. The van der Waals surface area contributed by atoms with Gasteiger partial charge in [-0.15, -0.1) is 0 Å². The Kier molecular flexibility index (Phi) is 5.37. The quantitative estimate of drug-likeness (QED) is 0.769. The van der Waals surface area contributed by atoms with E-state index >= 15 is 0 Å². The second-order valence-corrected chi connectivity index (χ2v) is 6.12. The highest BCUT2D eigenvalue weighted by atomic mass is 16.3. The van der Waals surface area contributed by atoms with Crippen LogP contribution >= 0.6 is 0 Å². The predicted molar refractivity (Wildman–Crippen MR) is 84.1 cm³/mol. The largest absolute Gasteiger partial charge is 0.396 e. The number of aliphatic hydroxyl groups excluding tert-OH is 1. The molecule has 1 fully saturated rings. The Balaban J connectivity index is 2.22. The van der Waals surface area contributed by atoms with Crippen LogP contribution in [0.3, 0.4) is 0 Å². The summed E-state index contributed by atoms with van der Waals surface area (Å²) in [6, 6.07) is 10.0. The van der Waals surface area contributed by atoms with Crippen molar-refractivity contribution < 1.29 is 9.90 Å². The van der Waals surface area contributed by atoms with E-state index in [2.05, 4.69) is 10.6 Å². The van der Waals surface area contributed by atoms with Crippen LogP contribution in [0.25, 0.3) is 0 Å². The number of hydrogen-bond donors (Lipinski definition) is 3. The molecule has 0 aliphatic carbocycles. The number of rotatable bonds is 5. The number of carbonyl (C=O) groups excluding carboxylic acids is 1. The van der Waals surface area contributed by atoms with Gasteiger partial charge in [0.1, 0.15) is 0 Å². The highest BCUT2D eigenvalue weighted by molar-refractivity contribution is 5.88. The van der Waals surface area contributed by atoms with Gasteiger partial charge in [0.25, 0.3) is 0 Å². The lowest BCUT2D eigenvalue weighted by Crippen LogP contribution is -2.53. The summed E-state index contributed by atoms with van der Waals surface area (Å²) in [6.45, 7) is 5.70. The second-order valence-electron chi connectivity index (χ2n) is 6.12. The number of hydrogen-bond acceptors (Lipinski definition) is 3. The van der Waals surface area contributed by atoms with Crippen molar-refractivity contribution in [3.63, 3.8) is 0 Å². The molecule has 21 heavy (non-hydrogen) atoms. The van der Waals surface area contributed by atoms with Crippen molar-refractivity contribution in [2.75, 3.05) is 19.7 Å². The molecule has 0 aromatic heterocycles. The first-order valence-electron chi connectivity index (χ1n) is 7.78. The smallest absolute Gasteiger partial charge is 0.230 e. The van der Waals surface area contributed by atoms with Gasteiger partial charge in [-0.3, -0.25) is 4.79 Å². The van der Waals surface area contributed by atoms with E-state index in [4.69, 9.17) is 0 Å². The fourth-order valence-corrected chi connectivity index (χ4v) is 2.90. The van der Waals surface area contributed by atoms with Crippen molar-refractivity contribution in [1.82, 2.24) is 10.6 Å². The molecule has 0 radical (unpaired) electrons. The first-order chi connectivity index (χ1) is 10.1. The van der Waals surface area contributed by atoms with Crippen LogP contribution in [-0.4, -0.2) is 36.8 Å². The minimum absolute atomic E-state index is 0.0297. The van der Waals surface area contributed by atoms with Crippen LogP contribution < -0.4 is 10.6 Å². The summed E-state index contributed by atoms with van der Waals surface area (Å²) in [5.74, 6) is 0.145. The molecule has 1 amide bonds. The minimum atomic E-state index is -0.448. The third kappa shape index (κ3) is 3.44. The van der Waals surface area contributed by atoms with Gasteiger partial charge in [0.2, 0.25) is 5.91 Å². The summed E-state index contributed by atoms with van der Waals surface area (Å²) in [5.41, 5.74) is 0.642. The molecule has 1 aliphatic heterocycles. The molecule has 2 unspecified atom stereocenters. The Bertz CT molecular complexity index is 455. The Hall–Kier alpha value is -1.39. The highest BCUT2D eigenvalue weighted by Crippen LogP contribution is 2.34. The van der Waals surface area contributed by atoms with Gasteiger partial charge in [0, 0.05) is 12.6 Å². The molecule has 4 heteroatoms. The van der Waals surface area contributed by atoms with E-state index in [1.807, 2.05) is 44.2 Å². The normalized spacial score (nSPS) is 20.5. The first-order valence-corrected chi connectivity index (χ1v) is 7.78. The van der Waals surface area contributed by atoms with Crippen molar-refractivity contribution >= 4 is 5.91 Å². The van der Waals surface area contributed by atoms with E-state index in [9.17, 15) is 9.90 Å². The van der Waals surface area contributed by atoms with Crippen molar-refractivity contribution in [3.8, 4) is 0 Å². The molecule has 2 atom stereocenters. The number of amides is 1. The zero-order valence-corrected chi connectivity index (χ0v) is 12.9. The third-order valence-electron chi connectivity index (χ3n) is 4.72. The van der Waals surface area contributed by atoms with Crippen molar-refractivity contribution in [3.05, 3.63) is 35.9 Å². The average Bonchev–Trinajstić information content (AvgIpc) is 2.55. The van der Waals surface area contributed by atoms with Crippen molar-refractivity contribution in [2.45, 2.75) is 38.1 Å². The van der Waals surface area contributed by atoms with Crippen molar-refractivity contribution in [1.29, 1.82) is 0 Å². The Morgan fingerprint density at radius 3 is 2.48 bits per heavy atom. The molecule has 0 spiro atoms. The highest BCUT2D eigenvalue weighted by Gasteiger charge is 2.41. The second kappa shape index (κ2) is 7.05. The Morgan fingerprint density at radius 2 is 1.90 bits per heavy atom. The van der Waals surface area contributed by atoms with E-state index in [1.54, 1.807) is 0 Å². The summed E-state index contributed by atoms with van der Waals surface area (Å²) in [7, 11) is 0. The molecular weight excluding hydrogens is 264 g/mol. The summed E-state index contributed by atoms with van der Waals surface area (Å²) in [6.07, 6.45) is 1.62. The lowest BCUT2D eigenvalue weighted by Gasteiger charge is -2.38. The molecular formula is C17H26N2O2. The summed E-state index contributed by atoms with van der Waals surface area (Å²) >= 11 is 0. The maximum Gasteiger partial charge on any atom is 0.230 e. The molecule has 1 heterocycles. The fourth-order valence-electron chi connectivity index (χ4n) is 2.90. The molecule has 1 aromatic carbocycles. The van der Waals surface area contributed by atoms with Crippen LogP contribution in [0.1, 0.15) is 32.3 Å². The van der Waals surface area contributed by atoms with Gasteiger partial charge < -0.3 is 15.7 Å². The lowest BCUT2D eigenvalue weighted by molar-refractivity contribution is -0.128. The van der Waals surface area contributed by atoms with Gasteiger partial charge in [-0.2, -0.15) is 0 Å². The number of benzene rings is 1. The topological polar surface area (TPSA) is 61.4 Å². The fraction of sp³-hybridized carbons (Fsp3) is 0.588. The number of piperidine rings is 1. The number of aliphatic hydroxyl groups is 1. The maximum absolute atomic E-state index is 12.9. The monoisotopic (exact) mass is 290 g/mol. The van der Waals surface area contributed by atoms with Crippen LogP contribution in [0.5, 0.6) is 0 Å². The van der Waals surface area contributed by atoms with Gasteiger partial charge in [-0.1, -0.05) is 37.3 Å². The number of carbonyl (C=O) groups is 1. The summed E-state index contributed by atoms with van der Waals surface area (Å²) in [4.78, 5) is 12.9. The SMILES string of the molecule is CC(CO)C(C)NC(=O)C1(c2ccccc2)CCNCC1. The van der Waals surface area contributed by atoms with Crippen LogP contribution in [0.2, 0.25) is 0 Å². The van der Waals surface area contributed by atoms with E-state index in [0.29, 0.717) is 0 Å². The van der Waals surface area contributed by atoms with Crippen LogP contribution in [0, 0.1) is 5.92 Å². The van der Waals surface area contributed by atoms with E-state index < -0.39 is 5.41 Å². The Morgan fingerprint density at radius 1 is 1.29 bits per heavy atom. The molecule has 0 bridgehead atoms. The molecule has 4 nitrogen and oxygen atoms in total. The summed E-state index contributed by atoms with van der Waals surface area (Å²) < 4.78 is 0. The predicted octanol–water partition coefficient (Wildman–Crippen LogP) is 1.44. The molecule has 1 aliphatic rings. The van der Waals surface area contributed by atoms with Gasteiger partial charge >= 0.3 is 0 Å². The maximum atomic E-state index is 12.9. The van der Waals surface area contributed by atoms with E-state index in [0.717, 1.165) is 31.5 Å². The van der Waals surface area contributed by atoms with Crippen LogP contribution in [0.4, 0.5) is 0 Å². The van der Waals surface area contributed by atoms with Gasteiger partial charge in [-0.05, 0) is 44.3 Å². The van der Waals surface area contributed by atoms with Gasteiger partial charge in [-0.25, -0.2) is 0 Å².